The van der Waals surface area contributed by atoms with Gasteiger partial charge in [-0.15, -0.1) is 0 Å². The zero-order valence-corrected chi connectivity index (χ0v) is 19.4. The fraction of sp³-hybridized carbons (Fsp3) is 0.222. The second-order valence-corrected chi connectivity index (χ2v) is 7.85. The molecule has 0 atom stereocenters. The number of nitrogens with zero attached hydrogens (tertiary/aromatic N) is 3. The smallest absolute Gasteiger partial charge is 0.138 e. The summed E-state index contributed by atoms with van der Waals surface area (Å²) in [6.07, 6.45) is 9.65. The lowest BCUT2D eigenvalue weighted by atomic mass is 9.98. The summed E-state index contributed by atoms with van der Waals surface area (Å²) in [4.78, 5) is 16.6. The van der Waals surface area contributed by atoms with E-state index in [4.69, 9.17) is 0 Å². The molecule has 0 aliphatic heterocycles. The van der Waals surface area contributed by atoms with E-state index in [1.165, 1.54) is 12.8 Å². The number of fused-ring (bicyclic) bond motifs is 1. The van der Waals surface area contributed by atoms with Crippen LogP contribution in [0.25, 0.3) is 27.7 Å². The predicted octanol–water partition coefficient (Wildman–Crippen LogP) is 6.48. The zero-order chi connectivity index (χ0) is 23.4. The van der Waals surface area contributed by atoms with Crippen molar-refractivity contribution in [1.82, 2.24) is 19.9 Å². The average Bonchev–Trinajstić information content (AvgIpc) is 3.63. The van der Waals surface area contributed by atoms with Crippen molar-refractivity contribution < 1.29 is 0 Å². The lowest BCUT2D eigenvalue weighted by Gasteiger charge is -2.14. The Kier molecular flexibility index (Phi) is 6.54. The van der Waals surface area contributed by atoms with Crippen LogP contribution in [0.2, 0.25) is 0 Å². The Labute approximate surface area is 194 Å². The van der Waals surface area contributed by atoms with Crippen LogP contribution in [0.3, 0.4) is 0 Å². The summed E-state index contributed by atoms with van der Waals surface area (Å²) in [7, 11) is 1.91. The van der Waals surface area contributed by atoms with E-state index >= 15 is 0 Å². The van der Waals surface area contributed by atoms with Crippen LogP contribution in [0.15, 0.2) is 74.0 Å². The van der Waals surface area contributed by atoms with E-state index in [9.17, 15) is 0 Å². The first-order chi connectivity index (χ1) is 16.1. The lowest BCUT2D eigenvalue weighted by molar-refractivity contribution is 1.02. The molecule has 6 nitrogen and oxygen atoms in total. The number of hydrogen-bond donors (Lipinski definition) is 3. The van der Waals surface area contributed by atoms with Gasteiger partial charge in [0, 0.05) is 47.5 Å². The highest BCUT2D eigenvalue weighted by Crippen LogP contribution is 2.36. The van der Waals surface area contributed by atoms with Gasteiger partial charge < -0.3 is 15.6 Å². The highest BCUT2D eigenvalue weighted by molar-refractivity contribution is 5.88. The van der Waals surface area contributed by atoms with Gasteiger partial charge in [0.1, 0.15) is 5.82 Å². The van der Waals surface area contributed by atoms with Crippen molar-refractivity contribution in [3.05, 3.63) is 85.4 Å². The molecule has 0 radical (unpaired) electrons. The molecule has 168 valence electrons. The maximum absolute atomic E-state index is 4.68. The molecule has 1 aromatic carbocycles. The van der Waals surface area contributed by atoms with E-state index in [0.717, 1.165) is 56.2 Å². The molecule has 0 spiro atoms. The molecule has 0 amide bonds. The fourth-order valence-electron chi connectivity index (χ4n) is 3.70. The minimum absolute atomic E-state index is 0.590. The molecular formula is C27H30N6. The molecule has 0 unspecified atom stereocenters. The number of rotatable bonds is 7. The molecule has 1 aliphatic rings. The van der Waals surface area contributed by atoms with Crippen molar-refractivity contribution in [2.24, 2.45) is 5.92 Å². The molecule has 0 saturated heterocycles. The van der Waals surface area contributed by atoms with Crippen molar-refractivity contribution in [3.8, 4) is 11.1 Å². The highest BCUT2D eigenvalue weighted by Gasteiger charge is 2.24. The molecule has 1 fully saturated rings. The summed E-state index contributed by atoms with van der Waals surface area (Å²) < 4.78 is 0. The summed E-state index contributed by atoms with van der Waals surface area (Å²) >= 11 is 0. The second kappa shape index (κ2) is 9.69. The van der Waals surface area contributed by atoms with Gasteiger partial charge in [0.15, 0.2) is 0 Å². The SMILES string of the molecule is C=C(c1nc2ccncc2[nH]1)c1cc(-c2cncc(NC(=C)C3CC3)c2)ccc1NC.CC. The van der Waals surface area contributed by atoms with Crippen molar-refractivity contribution in [3.63, 3.8) is 0 Å². The van der Waals surface area contributed by atoms with E-state index in [1.807, 2.05) is 39.4 Å². The first-order valence-corrected chi connectivity index (χ1v) is 11.3. The fourth-order valence-corrected chi connectivity index (χ4v) is 3.70. The Morgan fingerprint density at radius 2 is 1.82 bits per heavy atom. The predicted molar refractivity (Wildman–Crippen MR) is 138 cm³/mol. The van der Waals surface area contributed by atoms with Crippen LogP contribution in [0.4, 0.5) is 11.4 Å². The Balaban J connectivity index is 0.00000126. The van der Waals surface area contributed by atoms with Crippen molar-refractivity contribution in [1.29, 1.82) is 0 Å². The standard InChI is InChI=1S/C25H24N6.C2H6/c1-15(25-30-23-8-9-27-14-24(23)31-25)21-11-18(6-7-22(21)26-3)19-10-20(13-28-12-19)29-16(2)17-4-5-17;1-2/h6-14,17,26,29H,1-2,4-5H2,3H3,(H,30,31);1-2H3. The van der Waals surface area contributed by atoms with Gasteiger partial charge in [0.25, 0.3) is 0 Å². The molecule has 1 aliphatic carbocycles. The molecule has 5 rings (SSSR count). The van der Waals surface area contributed by atoms with Crippen LogP contribution in [0, 0.1) is 5.92 Å². The molecule has 0 bridgehead atoms. The minimum atomic E-state index is 0.590. The van der Waals surface area contributed by atoms with Gasteiger partial charge >= 0.3 is 0 Å². The second-order valence-electron chi connectivity index (χ2n) is 7.85. The molecule has 3 aromatic heterocycles. The van der Waals surface area contributed by atoms with Gasteiger partial charge in [0.05, 0.1) is 29.1 Å². The van der Waals surface area contributed by atoms with Crippen LogP contribution in [0.5, 0.6) is 0 Å². The number of nitrogens with one attached hydrogen (secondary N) is 3. The third-order valence-electron chi connectivity index (χ3n) is 5.63. The third kappa shape index (κ3) is 4.80. The largest absolute Gasteiger partial charge is 0.388 e. The number of pyridine rings is 2. The number of allylic oxidation sites excluding steroid dienone is 1. The van der Waals surface area contributed by atoms with Gasteiger partial charge in [-0.1, -0.05) is 33.1 Å². The first kappa shape index (κ1) is 22.3. The van der Waals surface area contributed by atoms with Crippen molar-refractivity contribution >= 4 is 28.0 Å². The number of aromatic amines is 1. The Morgan fingerprint density at radius 3 is 2.55 bits per heavy atom. The van der Waals surface area contributed by atoms with Crippen LogP contribution in [-0.2, 0) is 0 Å². The van der Waals surface area contributed by atoms with Crippen LogP contribution >= 0.6 is 0 Å². The normalized spacial score (nSPS) is 12.6. The van der Waals surface area contributed by atoms with Crippen molar-refractivity contribution in [2.45, 2.75) is 26.7 Å². The average molecular weight is 439 g/mol. The van der Waals surface area contributed by atoms with Gasteiger partial charge in [-0.05, 0) is 48.6 Å². The summed E-state index contributed by atoms with van der Waals surface area (Å²) in [6.45, 7) is 12.5. The Bertz CT molecular complexity index is 1270. The molecular weight excluding hydrogens is 408 g/mol. The zero-order valence-electron chi connectivity index (χ0n) is 19.4. The Hall–Kier alpha value is -3.93. The van der Waals surface area contributed by atoms with Gasteiger partial charge in [-0.3, -0.25) is 9.97 Å². The maximum Gasteiger partial charge on any atom is 0.138 e. The molecule has 33 heavy (non-hydrogen) atoms. The lowest BCUT2D eigenvalue weighted by Crippen LogP contribution is -2.00. The van der Waals surface area contributed by atoms with Crippen LogP contribution in [0.1, 0.15) is 38.1 Å². The van der Waals surface area contributed by atoms with E-state index in [0.29, 0.717) is 5.92 Å². The summed E-state index contributed by atoms with van der Waals surface area (Å²) in [5, 5.41) is 6.67. The van der Waals surface area contributed by atoms with Gasteiger partial charge in [0.2, 0.25) is 0 Å². The summed E-state index contributed by atoms with van der Waals surface area (Å²) in [5.41, 5.74) is 8.64. The van der Waals surface area contributed by atoms with E-state index < -0.39 is 0 Å². The molecule has 3 heterocycles. The molecule has 6 heteroatoms. The van der Waals surface area contributed by atoms with E-state index in [1.54, 1.807) is 12.4 Å². The number of benzene rings is 1. The molecule has 4 aromatic rings. The van der Waals surface area contributed by atoms with E-state index in [-0.39, 0.29) is 0 Å². The first-order valence-electron chi connectivity index (χ1n) is 11.3. The van der Waals surface area contributed by atoms with E-state index in [2.05, 4.69) is 68.0 Å². The summed E-state index contributed by atoms with van der Waals surface area (Å²) in [5.74, 6) is 1.32. The minimum Gasteiger partial charge on any atom is -0.388 e. The van der Waals surface area contributed by atoms with Gasteiger partial charge in [-0.2, -0.15) is 0 Å². The topological polar surface area (TPSA) is 78.5 Å². The van der Waals surface area contributed by atoms with Crippen molar-refractivity contribution in [2.75, 3.05) is 17.7 Å². The maximum atomic E-state index is 4.68. The number of H-pyrrole nitrogens is 1. The number of imidazole rings is 1. The monoisotopic (exact) mass is 438 g/mol. The van der Waals surface area contributed by atoms with Crippen LogP contribution < -0.4 is 10.6 Å². The highest BCUT2D eigenvalue weighted by atomic mass is 14.9. The number of anilines is 2. The quantitative estimate of drug-likeness (QED) is 0.308. The Morgan fingerprint density at radius 1 is 1.00 bits per heavy atom. The van der Waals surface area contributed by atoms with Crippen LogP contribution in [-0.4, -0.2) is 27.0 Å². The molecule has 1 saturated carbocycles. The summed E-state index contributed by atoms with van der Waals surface area (Å²) in [6, 6.07) is 10.3. The number of aromatic nitrogens is 4. The third-order valence-corrected chi connectivity index (χ3v) is 5.63. The molecule has 3 N–H and O–H groups in total. The van der Waals surface area contributed by atoms with Gasteiger partial charge in [-0.25, -0.2) is 4.98 Å². The number of hydrogen-bond acceptors (Lipinski definition) is 5.